The molecule has 2 fully saturated rings. The number of nitrogens with one attached hydrogen (secondary N) is 1. The molecule has 20 heavy (non-hydrogen) atoms. The van der Waals surface area contributed by atoms with Gasteiger partial charge in [-0.1, -0.05) is 23.7 Å². The Bertz CT molecular complexity index is 513. The largest absolute Gasteiger partial charge is 0.496 e. The summed E-state index contributed by atoms with van der Waals surface area (Å²) < 4.78 is 12.3. The van der Waals surface area contributed by atoms with Crippen molar-refractivity contribution in [1.82, 2.24) is 5.32 Å². The fraction of sp³-hybridized carbons (Fsp3) is 0.600. The first-order chi connectivity index (χ1) is 9.32. The van der Waals surface area contributed by atoms with Crippen LogP contribution in [0.5, 0.6) is 0 Å². The van der Waals surface area contributed by atoms with E-state index in [0.717, 1.165) is 23.6 Å². The molecule has 1 N–H and O–H groups in total. The van der Waals surface area contributed by atoms with Crippen LogP contribution in [0.2, 0.25) is 5.02 Å². The Morgan fingerprint density at radius 2 is 1.75 bits per heavy atom. The SMILES string of the molecule is CC1(C)OB(c2c(Cl)cccc2C2CNC2)OC1(C)C. The minimum absolute atomic E-state index is 0.341. The minimum atomic E-state index is -0.385. The van der Waals surface area contributed by atoms with E-state index in [1.165, 1.54) is 5.56 Å². The Labute approximate surface area is 126 Å². The number of halogens is 1. The molecule has 2 saturated heterocycles. The topological polar surface area (TPSA) is 30.5 Å². The number of benzene rings is 1. The first kappa shape index (κ1) is 14.4. The molecule has 5 heteroatoms. The Kier molecular flexibility index (Phi) is 3.41. The zero-order valence-corrected chi connectivity index (χ0v) is 13.3. The molecule has 108 valence electrons. The molecule has 1 aromatic rings. The molecule has 2 heterocycles. The number of hydrogen-bond donors (Lipinski definition) is 1. The van der Waals surface area contributed by atoms with Gasteiger partial charge in [0.05, 0.1) is 11.2 Å². The molecule has 0 spiro atoms. The monoisotopic (exact) mass is 293 g/mol. The Morgan fingerprint density at radius 3 is 2.25 bits per heavy atom. The Hall–Kier alpha value is -0.545. The van der Waals surface area contributed by atoms with Crippen molar-refractivity contribution in [3.8, 4) is 0 Å². The maximum absolute atomic E-state index is 6.44. The van der Waals surface area contributed by atoms with Crippen molar-refractivity contribution in [1.29, 1.82) is 0 Å². The van der Waals surface area contributed by atoms with Crippen LogP contribution in [-0.4, -0.2) is 31.4 Å². The summed E-state index contributed by atoms with van der Waals surface area (Å²) in [5.74, 6) is 0.503. The number of hydrogen-bond acceptors (Lipinski definition) is 3. The van der Waals surface area contributed by atoms with Crippen molar-refractivity contribution in [2.24, 2.45) is 0 Å². The highest BCUT2D eigenvalue weighted by atomic mass is 35.5. The molecule has 0 aliphatic carbocycles. The highest BCUT2D eigenvalue weighted by Crippen LogP contribution is 2.38. The summed E-state index contributed by atoms with van der Waals surface area (Å²) in [6.45, 7) is 10.2. The average Bonchev–Trinajstić information content (AvgIpc) is 2.45. The predicted octanol–water partition coefficient (Wildman–Crippen LogP) is 2.33. The highest BCUT2D eigenvalue weighted by Gasteiger charge is 2.53. The van der Waals surface area contributed by atoms with Crippen LogP contribution in [0, 0.1) is 0 Å². The molecule has 0 unspecified atom stereocenters. The van der Waals surface area contributed by atoms with E-state index in [-0.39, 0.29) is 18.3 Å². The van der Waals surface area contributed by atoms with Crippen LogP contribution in [0.3, 0.4) is 0 Å². The molecule has 2 aliphatic heterocycles. The van der Waals surface area contributed by atoms with Gasteiger partial charge in [0, 0.05) is 29.5 Å². The van der Waals surface area contributed by atoms with E-state index in [1.807, 2.05) is 12.1 Å². The summed E-state index contributed by atoms with van der Waals surface area (Å²) in [5.41, 5.74) is 1.56. The van der Waals surface area contributed by atoms with E-state index in [2.05, 4.69) is 39.1 Å². The maximum atomic E-state index is 6.44. The lowest BCUT2D eigenvalue weighted by Crippen LogP contribution is -2.46. The summed E-state index contributed by atoms with van der Waals surface area (Å²) in [6, 6.07) is 6.06. The predicted molar refractivity (Wildman–Crippen MR) is 82.8 cm³/mol. The first-order valence-electron chi connectivity index (χ1n) is 7.16. The molecule has 0 bridgehead atoms. The minimum Gasteiger partial charge on any atom is -0.399 e. The van der Waals surface area contributed by atoms with Gasteiger partial charge in [-0.3, -0.25) is 0 Å². The lowest BCUT2D eigenvalue weighted by molar-refractivity contribution is 0.00578. The van der Waals surface area contributed by atoms with Crippen molar-refractivity contribution >= 4 is 24.2 Å². The smallest absolute Gasteiger partial charge is 0.399 e. The van der Waals surface area contributed by atoms with Gasteiger partial charge < -0.3 is 14.6 Å². The van der Waals surface area contributed by atoms with E-state index in [1.54, 1.807) is 0 Å². The van der Waals surface area contributed by atoms with Gasteiger partial charge in [0.1, 0.15) is 0 Å². The Morgan fingerprint density at radius 1 is 1.15 bits per heavy atom. The normalized spacial score (nSPS) is 24.8. The van der Waals surface area contributed by atoms with Gasteiger partial charge in [-0.05, 0) is 39.3 Å². The summed E-state index contributed by atoms with van der Waals surface area (Å²) in [6.07, 6.45) is 0. The number of rotatable bonds is 2. The molecule has 3 nitrogen and oxygen atoms in total. The molecular formula is C15H21BClNO2. The standard InChI is InChI=1S/C15H21BClNO2/c1-14(2)15(3,4)20-16(19-14)13-11(10-8-18-9-10)6-5-7-12(13)17/h5-7,10,18H,8-9H2,1-4H3. The Balaban J connectivity index is 1.99. The van der Waals surface area contributed by atoms with E-state index in [4.69, 9.17) is 20.9 Å². The van der Waals surface area contributed by atoms with Crippen molar-refractivity contribution in [2.75, 3.05) is 13.1 Å². The van der Waals surface area contributed by atoms with Crippen LogP contribution in [-0.2, 0) is 9.31 Å². The van der Waals surface area contributed by atoms with E-state index in [9.17, 15) is 0 Å². The van der Waals surface area contributed by atoms with Gasteiger partial charge in [-0.15, -0.1) is 0 Å². The van der Waals surface area contributed by atoms with Gasteiger partial charge >= 0.3 is 7.12 Å². The van der Waals surface area contributed by atoms with Crippen molar-refractivity contribution in [3.05, 3.63) is 28.8 Å². The lowest BCUT2D eigenvalue weighted by Gasteiger charge is -2.32. The molecule has 3 rings (SSSR count). The lowest BCUT2D eigenvalue weighted by atomic mass is 9.72. The van der Waals surface area contributed by atoms with Crippen LogP contribution >= 0.6 is 11.6 Å². The molecule has 0 amide bonds. The van der Waals surface area contributed by atoms with Crippen LogP contribution in [0.1, 0.15) is 39.2 Å². The van der Waals surface area contributed by atoms with E-state index in [0.29, 0.717) is 5.92 Å². The molecular weight excluding hydrogens is 272 g/mol. The van der Waals surface area contributed by atoms with Crippen LogP contribution in [0.15, 0.2) is 18.2 Å². The van der Waals surface area contributed by atoms with Gasteiger partial charge in [0.25, 0.3) is 0 Å². The second-order valence-electron chi connectivity index (χ2n) is 6.69. The average molecular weight is 294 g/mol. The molecule has 1 aromatic carbocycles. The zero-order valence-electron chi connectivity index (χ0n) is 12.5. The van der Waals surface area contributed by atoms with Gasteiger partial charge in [-0.25, -0.2) is 0 Å². The second-order valence-corrected chi connectivity index (χ2v) is 7.09. The van der Waals surface area contributed by atoms with Crippen molar-refractivity contribution in [3.63, 3.8) is 0 Å². The molecule has 0 aromatic heterocycles. The van der Waals surface area contributed by atoms with Crippen LogP contribution in [0.25, 0.3) is 0 Å². The van der Waals surface area contributed by atoms with Crippen LogP contribution < -0.4 is 10.8 Å². The third kappa shape index (κ3) is 2.19. The third-order valence-corrected chi connectivity index (χ3v) is 5.13. The summed E-state index contributed by atoms with van der Waals surface area (Å²) >= 11 is 6.44. The molecule has 0 radical (unpaired) electrons. The van der Waals surface area contributed by atoms with Gasteiger partial charge in [0.15, 0.2) is 0 Å². The third-order valence-electron chi connectivity index (χ3n) is 4.80. The molecule has 0 atom stereocenters. The molecule has 2 aliphatic rings. The quantitative estimate of drug-likeness (QED) is 0.849. The van der Waals surface area contributed by atoms with E-state index >= 15 is 0 Å². The maximum Gasteiger partial charge on any atom is 0.496 e. The summed E-state index contributed by atoms with van der Waals surface area (Å²) in [7, 11) is -0.385. The van der Waals surface area contributed by atoms with Gasteiger partial charge in [-0.2, -0.15) is 0 Å². The first-order valence-corrected chi connectivity index (χ1v) is 7.54. The fourth-order valence-electron chi connectivity index (χ4n) is 2.63. The van der Waals surface area contributed by atoms with E-state index < -0.39 is 0 Å². The van der Waals surface area contributed by atoms with Crippen molar-refractivity contribution < 1.29 is 9.31 Å². The van der Waals surface area contributed by atoms with Crippen molar-refractivity contribution in [2.45, 2.75) is 44.8 Å². The zero-order chi connectivity index (χ0) is 14.5. The summed E-state index contributed by atoms with van der Waals surface area (Å²) in [5, 5.41) is 4.03. The fourth-order valence-corrected chi connectivity index (χ4v) is 2.90. The highest BCUT2D eigenvalue weighted by molar-refractivity contribution is 6.66. The molecule has 0 saturated carbocycles. The van der Waals surface area contributed by atoms with Gasteiger partial charge in [0.2, 0.25) is 0 Å². The van der Waals surface area contributed by atoms with Crippen LogP contribution in [0.4, 0.5) is 0 Å². The summed E-state index contributed by atoms with van der Waals surface area (Å²) in [4.78, 5) is 0. The second kappa shape index (κ2) is 4.74.